The Bertz CT molecular complexity index is 287. The van der Waals surface area contributed by atoms with Crippen molar-refractivity contribution in [3.05, 3.63) is 0 Å². The minimum Gasteiger partial charge on any atom is -0.343 e. The third kappa shape index (κ3) is 5.20. The molecule has 96 valence electrons. The molecule has 0 aliphatic carbocycles. The van der Waals surface area contributed by atoms with Gasteiger partial charge in [-0.2, -0.15) is 0 Å². The molecule has 0 saturated carbocycles. The van der Waals surface area contributed by atoms with Gasteiger partial charge in [0.1, 0.15) is 0 Å². The van der Waals surface area contributed by atoms with Gasteiger partial charge in [-0.1, -0.05) is 5.92 Å². The molecule has 0 bridgehead atoms. The van der Waals surface area contributed by atoms with Gasteiger partial charge in [0.15, 0.2) is 0 Å². The quantitative estimate of drug-likeness (QED) is 0.677. The molecule has 17 heavy (non-hydrogen) atoms. The van der Waals surface area contributed by atoms with Crippen molar-refractivity contribution in [2.24, 2.45) is 5.73 Å². The van der Waals surface area contributed by atoms with Gasteiger partial charge >= 0.3 is 0 Å². The van der Waals surface area contributed by atoms with E-state index in [0.717, 1.165) is 25.9 Å². The molecule has 1 saturated heterocycles. The van der Waals surface area contributed by atoms with E-state index in [0.29, 0.717) is 19.5 Å². The number of nitrogens with two attached hydrogens (primary N) is 1. The molecule has 1 amide bonds. The number of piperidine rings is 1. The first-order valence-corrected chi connectivity index (χ1v) is 6.38. The molecule has 1 fully saturated rings. The van der Waals surface area contributed by atoms with Crippen molar-refractivity contribution in [3.63, 3.8) is 0 Å². The maximum absolute atomic E-state index is 12.0. The third-order valence-corrected chi connectivity index (χ3v) is 3.07. The van der Waals surface area contributed by atoms with Crippen LogP contribution in [0.4, 0.5) is 0 Å². The molecule has 0 radical (unpaired) electrons. The van der Waals surface area contributed by atoms with Crippen molar-refractivity contribution >= 4 is 5.91 Å². The molecule has 1 rings (SSSR count). The van der Waals surface area contributed by atoms with Crippen molar-refractivity contribution in [3.8, 4) is 11.8 Å². The monoisotopic (exact) mass is 237 g/mol. The molecule has 3 N–H and O–H groups in total. The lowest BCUT2D eigenvalue weighted by Gasteiger charge is -2.28. The van der Waals surface area contributed by atoms with Gasteiger partial charge in [-0.25, -0.2) is 0 Å². The average Bonchev–Trinajstić information content (AvgIpc) is 2.38. The van der Waals surface area contributed by atoms with Gasteiger partial charge in [-0.15, -0.1) is 5.92 Å². The lowest BCUT2D eigenvalue weighted by molar-refractivity contribution is -0.132. The number of likely N-dealkylation sites (tertiary alicyclic amines) is 1. The lowest BCUT2D eigenvalue weighted by Crippen LogP contribution is -2.43. The van der Waals surface area contributed by atoms with Crippen LogP contribution in [0.3, 0.4) is 0 Å². The summed E-state index contributed by atoms with van der Waals surface area (Å²) < 4.78 is 0. The lowest BCUT2D eigenvalue weighted by atomic mass is 10.1. The van der Waals surface area contributed by atoms with Crippen molar-refractivity contribution in [1.29, 1.82) is 0 Å². The average molecular weight is 237 g/mol. The van der Waals surface area contributed by atoms with Gasteiger partial charge in [0.25, 0.3) is 0 Å². The zero-order chi connectivity index (χ0) is 12.5. The van der Waals surface area contributed by atoms with Crippen LogP contribution < -0.4 is 11.1 Å². The molecule has 4 nitrogen and oxygen atoms in total. The van der Waals surface area contributed by atoms with Gasteiger partial charge in [0.05, 0.1) is 6.54 Å². The maximum Gasteiger partial charge on any atom is 0.224 e. The first-order chi connectivity index (χ1) is 8.27. The molecule has 0 aromatic carbocycles. The van der Waals surface area contributed by atoms with Gasteiger partial charge in [0.2, 0.25) is 5.91 Å². The number of carbonyl (C=O) groups is 1. The number of hydrogen-bond donors (Lipinski definition) is 2. The minimum absolute atomic E-state index is 0.0466. The summed E-state index contributed by atoms with van der Waals surface area (Å²) in [7, 11) is 0. The Morgan fingerprint density at radius 2 is 2.12 bits per heavy atom. The molecular weight excluding hydrogens is 214 g/mol. The van der Waals surface area contributed by atoms with E-state index in [-0.39, 0.29) is 11.9 Å². The largest absolute Gasteiger partial charge is 0.343 e. The van der Waals surface area contributed by atoms with Crippen LogP contribution in [0.25, 0.3) is 0 Å². The Kier molecular flexibility index (Phi) is 6.68. The molecular formula is C13H23N3O. The number of carbonyl (C=O) groups excluding carboxylic acids is 1. The molecule has 1 atom stereocenters. The van der Waals surface area contributed by atoms with E-state index in [9.17, 15) is 4.79 Å². The van der Waals surface area contributed by atoms with E-state index in [4.69, 9.17) is 5.73 Å². The summed E-state index contributed by atoms with van der Waals surface area (Å²) in [5.41, 5.74) is 5.65. The Labute approximate surface area is 104 Å². The molecule has 0 aromatic heterocycles. The van der Waals surface area contributed by atoms with Crippen LogP contribution in [0, 0.1) is 11.8 Å². The van der Waals surface area contributed by atoms with Crippen molar-refractivity contribution < 1.29 is 4.79 Å². The second kappa shape index (κ2) is 8.10. The summed E-state index contributed by atoms with van der Waals surface area (Å²) in [6, 6.07) is 0.0466. The highest BCUT2D eigenvalue weighted by Crippen LogP contribution is 2.10. The summed E-state index contributed by atoms with van der Waals surface area (Å²) in [4.78, 5) is 14.0. The zero-order valence-electron chi connectivity index (χ0n) is 10.7. The predicted molar refractivity (Wildman–Crippen MR) is 69.3 cm³/mol. The first-order valence-electron chi connectivity index (χ1n) is 6.38. The Hall–Kier alpha value is -1.05. The van der Waals surface area contributed by atoms with Crippen LogP contribution >= 0.6 is 0 Å². The van der Waals surface area contributed by atoms with Crippen molar-refractivity contribution in [1.82, 2.24) is 10.2 Å². The number of rotatable bonds is 5. The molecule has 1 aliphatic rings. The summed E-state index contributed by atoms with van der Waals surface area (Å²) >= 11 is 0. The summed E-state index contributed by atoms with van der Waals surface area (Å²) in [6.45, 7) is 4.70. The van der Waals surface area contributed by atoms with E-state index in [1.54, 1.807) is 6.92 Å². The van der Waals surface area contributed by atoms with Crippen molar-refractivity contribution in [2.45, 2.75) is 38.6 Å². The SMILES string of the molecule is CC#CCNC(CN)CC(=O)N1CCCCC1. The number of nitrogens with zero attached hydrogens (tertiary/aromatic N) is 1. The predicted octanol–water partition coefficient (Wildman–Crippen LogP) is 0.329. The summed E-state index contributed by atoms with van der Waals surface area (Å²) in [5.74, 6) is 5.96. The molecule has 1 aliphatic heterocycles. The standard InChI is InChI=1S/C13H23N3O/c1-2-3-7-15-12(11-14)10-13(17)16-8-5-4-6-9-16/h12,15H,4-11,14H2,1H3. The van der Waals surface area contributed by atoms with E-state index >= 15 is 0 Å². The number of hydrogen-bond acceptors (Lipinski definition) is 3. The Morgan fingerprint density at radius 1 is 1.41 bits per heavy atom. The van der Waals surface area contributed by atoms with Crippen LogP contribution in [-0.2, 0) is 4.79 Å². The van der Waals surface area contributed by atoms with Crippen molar-refractivity contribution in [2.75, 3.05) is 26.2 Å². The fourth-order valence-electron chi connectivity index (χ4n) is 2.01. The van der Waals surface area contributed by atoms with Crippen LogP contribution in [0.5, 0.6) is 0 Å². The Morgan fingerprint density at radius 3 is 2.71 bits per heavy atom. The highest BCUT2D eigenvalue weighted by Gasteiger charge is 2.19. The fraction of sp³-hybridized carbons (Fsp3) is 0.769. The highest BCUT2D eigenvalue weighted by atomic mass is 16.2. The van der Waals surface area contributed by atoms with E-state index in [1.807, 2.05) is 4.90 Å². The zero-order valence-corrected chi connectivity index (χ0v) is 10.7. The van der Waals surface area contributed by atoms with Crippen LogP contribution in [0.2, 0.25) is 0 Å². The van der Waals surface area contributed by atoms with Gasteiger partial charge in [-0.05, 0) is 26.2 Å². The molecule has 1 unspecified atom stereocenters. The molecule has 4 heteroatoms. The molecule has 1 heterocycles. The van der Waals surface area contributed by atoms with Crippen LogP contribution in [-0.4, -0.2) is 43.0 Å². The second-order valence-electron chi connectivity index (χ2n) is 4.39. The second-order valence-corrected chi connectivity index (χ2v) is 4.39. The first kappa shape index (κ1) is 14.0. The van der Waals surface area contributed by atoms with E-state index in [1.165, 1.54) is 6.42 Å². The summed E-state index contributed by atoms with van der Waals surface area (Å²) in [6.07, 6.45) is 4.00. The number of nitrogens with one attached hydrogen (secondary N) is 1. The van der Waals surface area contributed by atoms with Gasteiger partial charge in [0, 0.05) is 32.1 Å². The normalized spacial score (nSPS) is 17.2. The topological polar surface area (TPSA) is 58.4 Å². The highest BCUT2D eigenvalue weighted by molar-refractivity contribution is 5.76. The van der Waals surface area contributed by atoms with Crippen LogP contribution in [0.1, 0.15) is 32.6 Å². The summed E-state index contributed by atoms with van der Waals surface area (Å²) in [5, 5.41) is 3.19. The number of amides is 1. The van der Waals surface area contributed by atoms with Gasteiger partial charge < -0.3 is 16.0 Å². The third-order valence-electron chi connectivity index (χ3n) is 3.07. The fourth-order valence-corrected chi connectivity index (χ4v) is 2.01. The van der Waals surface area contributed by atoms with E-state index in [2.05, 4.69) is 17.2 Å². The van der Waals surface area contributed by atoms with Crippen LogP contribution in [0.15, 0.2) is 0 Å². The molecule has 0 spiro atoms. The van der Waals surface area contributed by atoms with Gasteiger partial charge in [-0.3, -0.25) is 4.79 Å². The smallest absolute Gasteiger partial charge is 0.224 e. The molecule has 0 aromatic rings. The minimum atomic E-state index is 0.0466. The Balaban J connectivity index is 2.32. The van der Waals surface area contributed by atoms with E-state index < -0.39 is 0 Å². The maximum atomic E-state index is 12.0.